The average molecular weight is 280 g/mol. The molecule has 0 bridgehead atoms. The van der Waals surface area contributed by atoms with Crippen molar-refractivity contribution in [2.45, 2.75) is 5.75 Å². The van der Waals surface area contributed by atoms with Crippen molar-refractivity contribution in [3.63, 3.8) is 0 Å². The molecule has 0 saturated heterocycles. The number of hydrogen-bond acceptors (Lipinski definition) is 3. The summed E-state index contributed by atoms with van der Waals surface area (Å²) in [5.41, 5.74) is 7.02. The van der Waals surface area contributed by atoms with E-state index in [4.69, 9.17) is 5.73 Å². The van der Waals surface area contributed by atoms with Gasteiger partial charge in [-0.2, -0.15) is 0 Å². The summed E-state index contributed by atoms with van der Waals surface area (Å²) in [5, 5.41) is 0. The van der Waals surface area contributed by atoms with Crippen LogP contribution in [-0.4, -0.2) is 8.42 Å². The number of halogens is 1. The van der Waals surface area contributed by atoms with Gasteiger partial charge in [-0.25, -0.2) is 12.8 Å². The Morgan fingerprint density at radius 1 is 1.11 bits per heavy atom. The second-order valence-electron chi connectivity index (χ2n) is 4.11. The van der Waals surface area contributed by atoms with Crippen LogP contribution >= 0.6 is 0 Å². The molecule has 2 rings (SSSR count). The summed E-state index contributed by atoms with van der Waals surface area (Å²) < 4.78 is 38.9. The summed E-state index contributed by atoms with van der Waals surface area (Å²) in [4.78, 5) is 0. The minimum absolute atomic E-state index is 0.185. The van der Waals surface area contributed by atoms with Crippen LogP contribution in [0.4, 0.5) is 15.8 Å². The summed E-state index contributed by atoms with van der Waals surface area (Å²) in [6.07, 6.45) is 0. The first-order valence-corrected chi connectivity index (χ1v) is 7.20. The Bertz CT molecular complexity index is 669. The van der Waals surface area contributed by atoms with Crippen molar-refractivity contribution in [1.82, 2.24) is 0 Å². The number of nitrogen functional groups attached to an aromatic ring is 1. The lowest BCUT2D eigenvalue weighted by Crippen LogP contribution is -2.15. The molecule has 0 spiro atoms. The summed E-state index contributed by atoms with van der Waals surface area (Å²) in [6.45, 7) is 0. The van der Waals surface area contributed by atoms with E-state index in [1.807, 2.05) is 0 Å². The molecule has 0 heterocycles. The van der Waals surface area contributed by atoms with Crippen LogP contribution in [0.2, 0.25) is 0 Å². The molecule has 0 fully saturated rings. The number of anilines is 2. The Kier molecular flexibility index (Phi) is 3.71. The monoisotopic (exact) mass is 280 g/mol. The van der Waals surface area contributed by atoms with Crippen LogP contribution in [0.25, 0.3) is 0 Å². The lowest BCUT2D eigenvalue weighted by Gasteiger charge is -2.08. The van der Waals surface area contributed by atoms with Crippen molar-refractivity contribution in [3.8, 4) is 0 Å². The Balaban J connectivity index is 2.13. The van der Waals surface area contributed by atoms with Gasteiger partial charge in [-0.1, -0.05) is 12.1 Å². The predicted octanol–water partition coefficient (Wildman–Crippen LogP) is 2.35. The van der Waals surface area contributed by atoms with E-state index in [2.05, 4.69) is 4.72 Å². The van der Waals surface area contributed by atoms with Crippen molar-refractivity contribution in [2.24, 2.45) is 0 Å². The van der Waals surface area contributed by atoms with E-state index in [-0.39, 0.29) is 5.75 Å². The zero-order chi connectivity index (χ0) is 13.9. The van der Waals surface area contributed by atoms with E-state index in [1.165, 1.54) is 24.3 Å². The topological polar surface area (TPSA) is 72.2 Å². The van der Waals surface area contributed by atoms with Crippen LogP contribution in [0.15, 0.2) is 48.5 Å². The molecular formula is C13H13FN2O2S. The third-order valence-corrected chi connectivity index (χ3v) is 3.69. The molecule has 0 aliphatic carbocycles. The largest absolute Gasteiger partial charge is 0.399 e. The molecule has 3 N–H and O–H groups in total. The van der Waals surface area contributed by atoms with Gasteiger partial charge in [0.1, 0.15) is 5.82 Å². The second kappa shape index (κ2) is 5.27. The molecule has 0 radical (unpaired) electrons. The van der Waals surface area contributed by atoms with E-state index >= 15 is 0 Å². The molecular weight excluding hydrogens is 267 g/mol. The highest BCUT2D eigenvalue weighted by Crippen LogP contribution is 2.14. The number of sulfonamides is 1. The summed E-state index contributed by atoms with van der Waals surface area (Å²) in [6, 6.07) is 11.8. The molecule has 2 aromatic rings. The van der Waals surface area contributed by atoms with E-state index in [0.29, 0.717) is 16.9 Å². The fourth-order valence-electron chi connectivity index (χ4n) is 1.64. The van der Waals surface area contributed by atoms with Crippen LogP contribution in [0.1, 0.15) is 5.56 Å². The van der Waals surface area contributed by atoms with E-state index < -0.39 is 15.8 Å². The summed E-state index contributed by atoms with van der Waals surface area (Å²) >= 11 is 0. The summed E-state index contributed by atoms with van der Waals surface area (Å²) in [7, 11) is -3.55. The molecule has 4 nitrogen and oxygen atoms in total. The molecule has 19 heavy (non-hydrogen) atoms. The molecule has 0 saturated carbocycles. The first kappa shape index (κ1) is 13.4. The van der Waals surface area contributed by atoms with Crippen LogP contribution in [-0.2, 0) is 15.8 Å². The molecule has 0 atom stereocenters. The van der Waals surface area contributed by atoms with Crippen LogP contribution in [0.3, 0.4) is 0 Å². The van der Waals surface area contributed by atoms with Gasteiger partial charge in [0.25, 0.3) is 0 Å². The second-order valence-corrected chi connectivity index (χ2v) is 5.84. The first-order chi connectivity index (χ1) is 8.94. The van der Waals surface area contributed by atoms with Gasteiger partial charge in [-0.15, -0.1) is 0 Å². The Hall–Kier alpha value is -2.08. The van der Waals surface area contributed by atoms with Crippen molar-refractivity contribution in [1.29, 1.82) is 0 Å². The van der Waals surface area contributed by atoms with Gasteiger partial charge < -0.3 is 5.73 Å². The number of hydrogen-bond donors (Lipinski definition) is 2. The van der Waals surface area contributed by atoms with Gasteiger partial charge in [0, 0.05) is 11.4 Å². The maximum absolute atomic E-state index is 12.7. The Labute approximate surface area is 111 Å². The molecule has 100 valence electrons. The Morgan fingerprint density at radius 3 is 2.42 bits per heavy atom. The van der Waals surface area contributed by atoms with Gasteiger partial charge >= 0.3 is 0 Å². The lowest BCUT2D eigenvalue weighted by molar-refractivity contribution is 0.600. The van der Waals surface area contributed by atoms with Gasteiger partial charge in [0.2, 0.25) is 10.0 Å². The quantitative estimate of drug-likeness (QED) is 0.844. The summed E-state index contributed by atoms with van der Waals surface area (Å²) in [5.74, 6) is -0.603. The normalized spacial score (nSPS) is 11.2. The number of rotatable bonds is 4. The van der Waals surface area contributed by atoms with Crippen molar-refractivity contribution >= 4 is 21.4 Å². The van der Waals surface area contributed by atoms with Crippen molar-refractivity contribution < 1.29 is 12.8 Å². The third kappa shape index (κ3) is 3.96. The lowest BCUT2D eigenvalue weighted by atomic mass is 10.2. The molecule has 0 aromatic heterocycles. The van der Waals surface area contributed by atoms with Crippen LogP contribution in [0, 0.1) is 5.82 Å². The van der Waals surface area contributed by atoms with E-state index in [0.717, 1.165) is 0 Å². The maximum atomic E-state index is 12.7. The van der Waals surface area contributed by atoms with Crippen molar-refractivity contribution in [2.75, 3.05) is 10.5 Å². The third-order valence-electron chi connectivity index (χ3n) is 2.43. The maximum Gasteiger partial charge on any atom is 0.236 e. The predicted molar refractivity (Wildman–Crippen MR) is 73.5 cm³/mol. The van der Waals surface area contributed by atoms with Gasteiger partial charge in [0.15, 0.2) is 0 Å². The van der Waals surface area contributed by atoms with Crippen LogP contribution in [0.5, 0.6) is 0 Å². The smallest absolute Gasteiger partial charge is 0.236 e. The highest BCUT2D eigenvalue weighted by Gasteiger charge is 2.11. The molecule has 6 heteroatoms. The molecule has 0 aliphatic heterocycles. The van der Waals surface area contributed by atoms with Gasteiger partial charge in [0.05, 0.1) is 5.75 Å². The van der Waals surface area contributed by atoms with Crippen molar-refractivity contribution in [3.05, 3.63) is 59.9 Å². The number of benzene rings is 2. The molecule has 0 amide bonds. The minimum atomic E-state index is -3.55. The first-order valence-electron chi connectivity index (χ1n) is 5.55. The fourth-order valence-corrected chi connectivity index (χ4v) is 2.82. The SMILES string of the molecule is Nc1cccc(CS(=O)(=O)Nc2ccc(F)cc2)c1. The van der Waals surface area contributed by atoms with Gasteiger partial charge in [-0.3, -0.25) is 4.72 Å². The standard InChI is InChI=1S/C13H13FN2O2S/c14-11-4-6-13(7-5-11)16-19(17,18)9-10-2-1-3-12(15)8-10/h1-8,16H,9,15H2. The molecule has 2 aromatic carbocycles. The number of nitrogens with one attached hydrogen (secondary N) is 1. The zero-order valence-electron chi connectivity index (χ0n) is 10.0. The zero-order valence-corrected chi connectivity index (χ0v) is 10.8. The Morgan fingerprint density at radius 2 is 1.79 bits per heavy atom. The van der Waals surface area contributed by atoms with Crippen LogP contribution < -0.4 is 10.5 Å². The molecule has 0 aliphatic rings. The highest BCUT2D eigenvalue weighted by molar-refractivity contribution is 7.91. The highest BCUT2D eigenvalue weighted by atomic mass is 32.2. The van der Waals surface area contributed by atoms with Gasteiger partial charge in [-0.05, 0) is 42.0 Å². The van der Waals surface area contributed by atoms with E-state index in [1.54, 1.807) is 24.3 Å². The average Bonchev–Trinajstić information content (AvgIpc) is 2.31. The fraction of sp³-hybridized carbons (Fsp3) is 0.0769. The van der Waals surface area contributed by atoms with E-state index in [9.17, 15) is 12.8 Å². The number of nitrogens with two attached hydrogens (primary N) is 1. The minimum Gasteiger partial charge on any atom is -0.399 e. The molecule has 0 unspecified atom stereocenters.